The molecule has 5 rings (SSSR count). The van der Waals surface area contributed by atoms with Gasteiger partial charge in [0.15, 0.2) is 10.4 Å². The van der Waals surface area contributed by atoms with E-state index >= 15 is 0 Å². The number of rotatable bonds is 4. The van der Waals surface area contributed by atoms with Crippen LogP contribution in [0.5, 0.6) is 0 Å². The molecule has 9 nitrogen and oxygen atoms in total. The van der Waals surface area contributed by atoms with Crippen LogP contribution in [0.25, 0.3) is 0 Å². The Hall–Kier alpha value is -2.84. The summed E-state index contributed by atoms with van der Waals surface area (Å²) in [4.78, 5) is 32.4. The Morgan fingerprint density at radius 1 is 1.26 bits per heavy atom. The van der Waals surface area contributed by atoms with Crippen molar-refractivity contribution < 1.29 is 13.4 Å². The molecule has 3 unspecified atom stereocenters. The Labute approximate surface area is 230 Å². The molecule has 3 atom stereocenters. The summed E-state index contributed by atoms with van der Waals surface area (Å²) in [6.07, 6.45) is 3.48. The van der Waals surface area contributed by atoms with Gasteiger partial charge in [-0.25, -0.2) is 19.3 Å². The number of alkyl halides is 1. The van der Waals surface area contributed by atoms with Crippen molar-refractivity contribution in [2.45, 2.75) is 57.2 Å². The molecule has 2 saturated heterocycles. The molecule has 12 heteroatoms. The van der Waals surface area contributed by atoms with Gasteiger partial charge in [0.1, 0.15) is 30.7 Å². The van der Waals surface area contributed by atoms with E-state index < -0.39 is 22.2 Å². The van der Waals surface area contributed by atoms with Gasteiger partial charge in [-0.1, -0.05) is 39.3 Å². The molecular weight excluding hydrogens is 529 g/mol. The Morgan fingerprint density at radius 3 is 2.53 bits per heavy atom. The van der Waals surface area contributed by atoms with E-state index in [1.807, 2.05) is 31.7 Å². The van der Waals surface area contributed by atoms with Crippen LogP contribution in [0.3, 0.4) is 0 Å². The van der Waals surface area contributed by atoms with E-state index in [0.717, 1.165) is 22.9 Å². The summed E-state index contributed by atoms with van der Waals surface area (Å²) in [7, 11) is -1.45. The highest BCUT2D eigenvalue weighted by Crippen LogP contribution is 2.47. The number of nitrogens with zero attached hydrogens (tertiary/aromatic N) is 7. The number of pyridine rings is 1. The molecule has 0 saturated carbocycles. The summed E-state index contributed by atoms with van der Waals surface area (Å²) in [5.41, 5.74) is 1.59. The van der Waals surface area contributed by atoms with Gasteiger partial charge in [0.25, 0.3) is 0 Å². The maximum absolute atomic E-state index is 13.8. The predicted octanol–water partition coefficient (Wildman–Crippen LogP) is 3.75. The molecule has 5 heterocycles. The summed E-state index contributed by atoms with van der Waals surface area (Å²) in [6, 6.07) is 3.50. The van der Waals surface area contributed by atoms with Crippen LogP contribution in [-0.2, 0) is 21.0 Å². The number of aromatic nitrogens is 3. The molecule has 3 aliphatic heterocycles. The lowest BCUT2D eigenvalue weighted by Gasteiger charge is -2.46. The summed E-state index contributed by atoms with van der Waals surface area (Å²) in [5.74, 6) is 1.58. The Bertz CT molecular complexity index is 1300. The van der Waals surface area contributed by atoms with Gasteiger partial charge in [0.05, 0.1) is 16.9 Å². The van der Waals surface area contributed by atoms with Crippen LogP contribution in [0, 0.1) is 11.3 Å². The van der Waals surface area contributed by atoms with Crippen LogP contribution >= 0.6 is 11.6 Å². The van der Waals surface area contributed by atoms with Crippen molar-refractivity contribution in [1.82, 2.24) is 19.9 Å². The first-order valence-electron chi connectivity index (χ1n) is 12.8. The highest BCUT2D eigenvalue weighted by molar-refractivity contribution is 7.88. The average Bonchev–Trinajstić information content (AvgIpc) is 3.20. The minimum Gasteiger partial charge on any atom is -0.352 e. The lowest BCUT2D eigenvalue weighted by Crippen LogP contribution is -2.65. The molecule has 3 aliphatic rings. The van der Waals surface area contributed by atoms with E-state index in [-0.39, 0.29) is 28.1 Å². The normalized spacial score (nSPS) is 25.6. The topological polar surface area (TPSA) is 106 Å². The van der Waals surface area contributed by atoms with Crippen molar-refractivity contribution in [2.24, 2.45) is 0 Å². The quantitative estimate of drug-likeness (QED) is 0.555. The largest absolute Gasteiger partial charge is 0.352 e. The number of hydrogen-bond donors (Lipinski definition) is 0. The molecule has 0 aliphatic carbocycles. The molecule has 2 aromatic rings. The third-order valence-corrected chi connectivity index (χ3v) is 9.68. The summed E-state index contributed by atoms with van der Waals surface area (Å²) >= 11 is 6.25. The third kappa shape index (κ3) is 4.51. The maximum Gasteiger partial charge on any atom is 0.244 e. The van der Waals surface area contributed by atoms with E-state index in [0.29, 0.717) is 38.4 Å². The van der Waals surface area contributed by atoms with Gasteiger partial charge in [-0.15, -0.1) is 0 Å². The van der Waals surface area contributed by atoms with Crippen molar-refractivity contribution in [3.8, 4) is 6.07 Å². The van der Waals surface area contributed by atoms with Crippen molar-refractivity contribution in [3.05, 3.63) is 34.9 Å². The van der Waals surface area contributed by atoms with Gasteiger partial charge in [-0.3, -0.25) is 9.00 Å². The average molecular weight is 562 g/mol. The molecule has 0 N–H and O–H groups in total. The van der Waals surface area contributed by atoms with Gasteiger partial charge < -0.3 is 14.7 Å². The highest BCUT2D eigenvalue weighted by atomic mass is 35.5. The number of carbonyl (C=O) groups is 1. The zero-order chi connectivity index (χ0) is 27.8. The zero-order valence-corrected chi connectivity index (χ0v) is 23.9. The molecule has 0 aromatic carbocycles. The Morgan fingerprint density at radius 2 is 1.97 bits per heavy atom. The molecule has 2 aromatic heterocycles. The number of fused-ring (bicyclic) bond motifs is 1. The molecule has 204 valence electrons. The van der Waals surface area contributed by atoms with Crippen LogP contribution in [-0.4, -0.2) is 79.4 Å². The second-order valence-electron chi connectivity index (χ2n) is 10.2. The molecule has 1 amide bonds. The molecule has 38 heavy (non-hydrogen) atoms. The minimum atomic E-state index is -1.45. The molecular formula is C26H33ClFN7O2S. The minimum absolute atomic E-state index is 0.171. The summed E-state index contributed by atoms with van der Waals surface area (Å²) in [5, 5.41) is 9.45. The lowest BCUT2D eigenvalue weighted by atomic mass is 9.87. The summed E-state index contributed by atoms with van der Waals surface area (Å²) in [6.45, 7) is 11.4. The van der Waals surface area contributed by atoms with Gasteiger partial charge in [0, 0.05) is 59.8 Å². The fourth-order valence-electron chi connectivity index (χ4n) is 5.37. The highest BCUT2D eigenvalue weighted by Gasteiger charge is 2.54. The van der Waals surface area contributed by atoms with Crippen molar-refractivity contribution in [3.63, 3.8) is 0 Å². The van der Waals surface area contributed by atoms with Crippen LogP contribution in [0.4, 0.5) is 21.7 Å². The molecule has 0 bridgehead atoms. The third-order valence-electron chi connectivity index (χ3n) is 7.46. The number of nitriles is 1. The standard InChI is InChI=1S/C24H27ClFN7O2S.C2H6/c1-15-11-31(5-6-32(15)22(34)24(12-26)4-7-36(24)35)20-19-21(30-14-29-20)33(13-23(19,2)3)16-8-17(25)18(9-27)28-10-16;1-2/h8,10,14-15H,4-7,11-13H2,1-3H3;1-2H3. The molecule has 2 fully saturated rings. The lowest BCUT2D eigenvalue weighted by molar-refractivity contribution is -0.137. The fraction of sp³-hybridized carbons (Fsp3) is 0.577. The van der Waals surface area contributed by atoms with E-state index in [1.165, 1.54) is 6.33 Å². The van der Waals surface area contributed by atoms with E-state index in [2.05, 4.69) is 33.7 Å². The monoisotopic (exact) mass is 561 g/mol. The number of hydrogen-bond acceptors (Lipinski definition) is 8. The second-order valence-corrected chi connectivity index (χ2v) is 12.5. The van der Waals surface area contributed by atoms with E-state index in [4.69, 9.17) is 16.9 Å². The van der Waals surface area contributed by atoms with Crippen molar-refractivity contribution in [1.29, 1.82) is 5.26 Å². The number of anilines is 3. The number of piperazine rings is 1. The van der Waals surface area contributed by atoms with Gasteiger partial charge in [0.2, 0.25) is 5.91 Å². The van der Waals surface area contributed by atoms with Crippen LogP contribution in [0.2, 0.25) is 5.02 Å². The zero-order valence-electron chi connectivity index (χ0n) is 22.4. The molecule has 0 radical (unpaired) electrons. The number of halogens is 2. The number of carbonyl (C=O) groups excluding carboxylic acids is 1. The van der Waals surface area contributed by atoms with Crippen LogP contribution in [0.15, 0.2) is 18.6 Å². The molecule has 0 spiro atoms. The Balaban J connectivity index is 0.00000164. The predicted molar refractivity (Wildman–Crippen MR) is 147 cm³/mol. The van der Waals surface area contributed by atoms with Crippen molar-refractivity contribution in [2.75, 3.05) is 48.4 Å². The first-order valence-corrected chi connectivity index (χ1v) is 14.5. The van der Waals surface area contributed by atoms with E-state index in [1.54, 1.807) is 17.2 Å². The maximum atomic E-state index is 13.8. The SMILES string of the molecule is CC.CC1CN(c2ncnc3c2C(C)(C)CN3c2cnc(C#N)c(Cl)c2)CCN1C(=O)C1(CF)CCS1=O. The van der Waals surface area contributed by atoms with Crippen molar-refractivity contribution >= 4 is 45.6 Å². The Kier molecular flexibility index (Phi) is 7.96. The summed E-state index contributed by atoms with van der Waals surface area (Å²) < 4.78 is 24.7. The van der Waals surface area contributed by atoms with E-state index in [9.17, 15) is 13.4 Å². The van der Waals surface area contributed by atoms with Gasteiger partial charge >= 0.3 is 0 Å². The van der Waals surface area contributed by atoms with Gasteiger partial charge in [-0.05, 0) is 19.4 Å². The van der Waals surface area contributed by atoms with Gasteiger partial charge in [-0.2, -0.15) is 5.26 Å². The first kappa shape index (κ1) is 28.2. The fourth-order valence-corrected chi connectivity index (χ4v) is 6.87. The second kappa shape index (κ2) is 10.7. The number of amides is 1. The first-order chi connectivity index (χ1) is 18.1. The van der Waals surface area contributed by atoms with Crippen LogP contribution in [0.1, 0.15) is 52.3 Å². The smallest absolute Gasteiger partial charge is 0.244 e. The van der Waals surface area contributed by atoms with Crippen LogP contribution < -0.4 is 9.80 Å².